The standard InChI is InChI=1S/C23H19ClN2O/c24-18-12-10-16(11-13-18)21-19-8-4-5-9-20(19)23(27,17-6-2-1-3-7-17)22-25-14-15-26(21)22/h1-13,21,27H,14-15H2/t21-,23-/m1/s1. The van der Waals surface area contributed by atoms with Crippen molar-refractivity contribution < 1.29 is 5.11 Å². The van der Waals surface area contributed by atoms with Gasteiger partial charge in [-0.15, -0.1) is 0 Å². The van der Waals surface area contributed by atoms with E-state index in [1.807, 2.05) is 60.7 Å². The Hall–Kier alpha value is -2.62. The molecule has 3 aromatic rings. The Labute approximate surface area is 163 Å². The summed E-state index contributed by atoms with van der Waals surface area (Å²) in [6.07, 6.45) is 0. The van der Waals surface area contributed by atoms with Crippen molar-refractivity contribution in [2.75, 3.05) is 13.1 Å². The number of aliphatic imine (C=N–C) groups is 1. The first-order chi connectivity index (χ1) is 13.2. The Kier molecular flexibility index (Phi) is 3.81. The number of amidine groups is 1. The van der Waals surface area contributed by atoms with E-state index in [2.05, 4.69) is 23.1 Å². The lowest BCUT2D eigenvalue weighted by Gasteiger charge is -2.45. The molecule has 2 atom stereocenters. The molecule has 0 aromatic heterocycles. The maximum atomic E-state index is 12.0. The van der Waals surface area contributed by atoms with Gasteiger partial charge in [0, 0.05) is 17.1 Å². The van der Waals surface area contributed by atoms with Crippen LogP contribution in [-0.4, -0.2) is 28.9 Å². The third kappa shape index (κ3) is 2.43. The minimum atomic E-state index is -1.24. The molecule has 27 heavy (non-hydrogen) atoms. The predicted molar refractivity (Wildman–Crippen MR) is 108 cm³/mol. The second-order valence-electron chi connectivity index (χ2n) is 7.02. The number of benzene rings is 3. The van der Waals surface area contributed by atoms with Crippen LogP contribution >= 0.6 is 11.6 Å². The van der Waals surface area contributed by atoms with Crippen molar-refractivity contribution in [3.63, 3.8) is 0 Å². The van der Waals surface area contributed by atoms with E-state index in [9.17, 15) is 5.11 Å². The minimum absolute atomic E-state index is 0.0173. The molecule has 0 fully saturated rings. The van der Waals surface area contributed by atoms with E-state index in [-0.39, 0.29) is 6.04 Å². The molecule has 0 radical (unpaired) electrons. The predicted octanol–water partition coefficient (Wildman–Crippen LogP) is 4.39. The van der Waals surface area contributed by atoms with Crippen LogP contribution < -0.4 is 0 Å². The molecule has 0 unspecified atom stereocenters. The summed E-state index contributed by atoms with van der Waals surface area (Å²) in [5.74, 6) is 0.729. The second kappa shape index (κ2) is 6.22. The summed E-state index contributed by atoms with van der Waals surface area (Å²) in [7, 11) is 0. The maximum absolute atomic E-state index is 12.0. The minimum Gasteiger partial charge on any atom is -0.373 e. The van der Waals surface area contributed by atoms with Crippen LogP contribution in [-0.2, 0) is 5.60 Å². The summed E-state index contributed by atoms with van der Waals surface area (Å²) < 4.78 is 0. The van der Waals surface area contributed by atoms with Gasteiger partial charge in [-0.05, 0) is 28.8 Å². The van der Waals surface area contributed by atoms with Gasteiger partial charge in [-0.1, -0.05) is 78.3 Å². The van der Waals surface area contributed by atoms with E-state index < -0.39 is 5.60 Å². The number of fused-ring (bicyclic) bond motifs is 2. The summed E-state index contributed by atoms with van der Waals surface area (Å²) in [5, 5.41) is 12.7. The van der Waals surface area contributed by atoms with Crippen LogP contribution in [0.3, 0.4) is 0 Å². The Morgan fingerprint density at radius 3 is 2.41 bits per heavy atom. The fourth-order valence-corrected chi connectivity index (χ4v) is 4.48. The van der Waals surface area contributed by atoms with Gasteiger partial charge in [0.05, 0.1) is 12.6 Å². The second-order valence-corrected chi connectivity index (χ2v) is 7.45. The first-order valence-electron chi connectivity index (χ1n) is 9.14. The van der Waals surface area contributed by atoms with Gasteiger partial charge >= 0.3 is 0 Å². The van der Waals surface area contributed by atoms with Gasteiger partial charge in [0.25, 0.3) is 0 Å². The van der Waals surface area contributed by atoms with Gasteiger partial charge in [-0.3, -0.25) is 4.99 Å². The van der Waals surface area contributed by atoms with Gasteiger partial charge in [0.15, 0.2) is 5.60 Å². The summed E-state index contributed by atoms with van der Waals surface area (Å²) in [6.45, 7) is 1.47. The monoisotopic (exact) mass is 374 g/mol. The highest BCUT2D eigenvalue weighted by atomic mass is 35.5. The molecule has 0 saturated heterocycles. The van der Waals surface area contributed by atoms with Crippen LogP contribution in [0.2, 0.25) is 5.02 Å². The van der Waals surface area contributed by atoms with E-state index >= 15 is 0 Å². The molecule has 4 heteroatoms. The zero-order valence-corrected chi connectivity index (χ0v) is 15.5. The molecule has 2 aliphatic heterocycles. The fraction of sp³-hybridized carbons (Fsp3) is 0.174. The maximum Gasteiger partial charge on any atom is 0.172 e. The third-order valence-corrected chi connectivity index (χ3v) is 5.78. The molecule has 3 aromatic carbocycles. The highest BCUT2D eigenvalue weighted by Crippen LogP contribution is 2.47. The highest BCUT2D eigenvalue weighted by molar-refractivity contribution is 6.30. The molecule has 134 valence electrons. The first-order valence-corrected chi connectivity index (χ1v) is 9.52. The van der Waals surface area contributed by atoms with Crippen molar-refractivity contribution in [2.24, 2.45) is 4.99 Å². The normalized spacial score (nSPS) is 23.6. The molecule has 2 aliphatic rings. The lowest BCUT2D eigenvalue weighted by molar-refractivity contribution is 0.124. The Bertz CT molecular complexity index is 1020. The van der Waals surface area contributed by atoms with Gasteiger partial charge < -0.3 is 10.0 Å². The summed E-state index contributed by atoms with van der Waals surface area (Å²) in [4.78, 5) is 6.98. The smallest absolute Gasteiger partial charge is 0.172 e. The molecule has 2 heterocycles. The van der Waals surface area contributed by atoms with Crippen LogP contribution in [0.5, 0.6) is 0 Å². The van der Waals surface area contributed by atoms with Crippen molar-refractivity contribution in [2.45, 2.75) is 11.6 Å². The topological polar surface area (TPSA) is 35.8 Å². The van der Waals surface area contributed by atoms with E-state index in [1.165, 1.54) is 0 Å². The number of rotatable bonds is 2. The van der Waals surface area contributed by atoms with Crippen LogP contribution in [0.1, 0.15) is 28.3 Å². The molecule has 1 N–H and O–H groups in total. The summed E-state index contributed by atoms with van der Waals surface area (Å²) >= 11 is 6.11. The molecule has 0 amide bonds. The Balaban J connectivity index is 1.77. The summed E-state index contributed by atoms with van der Waals surface area (Å²) in [6, 6.07) is 26.0. The van der Waals surface area contributed by atoms with Crippen molar-refractivity contribution in [3.05, 3.63) is 106 Å². The number of nitrogens with zero attached hydrogens (tertiary/aromatic N) is 2. The molecule has 3 nitrogen and oxygen atoms in total. The zero-order valence-electron chi connectivity index (χ0n) is 14.7. The quantitative estimate of drug-likeness (QED) is 0.722. The van der Waals surface area contributed by atoms with Crippen LogP contribution in [0.4, 0.5) is 0 Å². The molecule has 0 saturated carbocycles. The SMILES string of the molecule is O[C@@]1(c2ccccc2)C2=NCCN2[C@H](c2ccc(Cl)cc2)c2ccccc21. The lowest BCUT2D eigenvalue weighted by Crippen LogP contribution is -2.52. The average molecular weight is 375 g/mol. The summed E-state index contributed by atoms with van der Waals surface area (Å²) in [5.41, 5.74) is 2.76. The first kappa shape index (κ1) is 16.5. The van der Waals surface area contributed by atoms with Gasteiger partial charge in [-0.25, -0.2) is 0 Å². The zero-order chi connectivity index (χ0) is 18.4. The number of hydrogen-bond donors (Lipinski definition) is 1. The average Bonchev–Trinajstić information content (AvgIpc) is 3.20. The van der Waals surface area contributed by atoms with Crippen LogP contribution in [0, 0.1) is 0 Å². The van der Waals surface area contributed by atoms with Gasteiger partial charge in [0.2, 0.25) is 0 Å². The van der Waals surface area contributed by atoms with Crippen molar-refractivity contribution in [3.8, 4) is 0 Å². The Morgan fingerprint density at radius 2 is 1.63 bits per heavy atom. The lowest BCUT2D eigenvalue weighted by atomic mass is 9.75. The largest absolute Gasteiger partial charge is 0.373 e. The van der Waals surface area contributed by atoms with Crippen molar-refractivity contribution >= 4 is 17.4 Å². The molecular formula is C23H19ClN2O. The molecule has 0 spiro atoms. The number of aliphatic hydroxyl groups is 1. The number of hydrogen-bond acceptors (Lipinski definition) is 3. The van der Waals surface area contributed by atoms with E-state index in [0.717, 1.165) is 39.7 Å². The van der Waals surface area contributed by atoms with Crippen LogP contribution in [0.15, 0.2) is 83.9 Å². The van der Waals surface area contributed by atoms with Crippen molar-refractivity contribution in [1.29, 1.82) is 0 Å². The highest BCUT2D eigenvalue weighted by Gasteiger charge is 2.50. The molecular weight excluding hydrogens is 356 g/mol. The molecule has 5 rings (SSSR count). The van der Waals surface area contributed by atoms with Crippen molar-refractivity contribution in [1.82, 2.24) is 4.90 Å². The van der Waals surface area contributed by atoms with E-state index in [4.69, 9.17) is 16.6 Å². The third-order valence-electron chi connectivity index (χ3n) is 5.53. The van der Waals surface area contributed by atoms with Gasteiger partial charge in [0.1, 0.15) is 5.84 Å². The van der Waals surface area contributed by atoms with Crippen LogP contribution in [0.25, 0.3) is 0 Å². The van der Waals surface area contributed by atoms with E-state index in [0.29, 0.717) is 6.54 Å². The fourth-order valence-electron chi connectivity index (χ4n) is 4.36. The molecule has 0 bridgehead atoms. The molecule has 0 aliphatic carbocycles. The Morgan fingerprint density at radius 1 is 0.926 bits per heavy atom. The van der Waals surface area contributed by atoms with E-state index in [1.54, 1.807) is 0 Å². The number of halogens is 1. The van der Waals surface area contributed by atoms with Gasteiger partial charge in [-0.2, -0.15) is 0 Å².